The van der Waals surface area contributed by atoms with Crippen LogP contribution in [0.2, 0.25) is 0 Å². The molecule has 0 saturated carbocycles. The number of nitro groups is 1. The van der Waals surface area contributed by atoms with Crippen molar-refractivity contribution in [2.75, 3.05) is 13.1 Å². The van der Waals surface area contributed by atoms with Gasteiger partial charge in [-0.3, -0.25) is 14.9 Å². The first-order valence-corrected chi connectivity index (χ1v) is 8.67. The molecule has 3 rings (SSSR count). The van der Waals surface area contributed by atoms with Crippen molar-refractivity contribution in [2.24, 2.45) is 0 Å². The topological polar surface area (TPSA) is 89.8 Å². The van der Waals surface area contributed by atoms with Crippen molar-refractivity contribution in [3.05, 3.63) is 63.0 Å². The first-order chi connectivity index (χ1) is 12.1. The monoisotopic (exact) mass is 360 g/mol. The van der Waals surface area contributed by atoms with Crippen LogP contribution in [0.5, 0.6) is 0 Å². The lowest BCUT2D eigenvalue weighted by Gasteiger charge is -2.23. The summed E-state index contributed by atoms with van der Waals surface area (Å²) in [7, 11) is 0. The van der Waals surface area contributed by atoms with Crippen molar-refractivity contribution in [1.82, 2.24) is 4.90 Å². The number of hydrogen-bond acceptors (Lipinski definition) is 6. The number of hydrogen-bond donors (Lipinski definition) is 0. The standard InChI is InChI=1S/C17H16N2O5S/c20-16(18-10-4-5-11-18)15(12-6-2-1-3-7-12)24-17(21)13-8-9-14(25-13)19(22)23/h1-3,6-9,15H,4-5,10-11H2. The molecule has 7 nitrogen and oxygen atoms in total. The lowest BCUT2D eigenvalue weighted by atomic mass is 10.1. The maximum absolute atomic E-state index is 12.8. The molecule has 0 N–H and O–H groups in total. The van der Waals surface area contributed by atoms with Crippen LogP contribution >= 0.6 is 11.3 Å². The number of rotatable bonds is 5. The van der Waals surface area contributed by atoms with Gasteiger partial charge in [0.25, 0.3) is 5.91 Å². The van der Waals surface area contributed by atoms with Gasteiger partial charge in [0.2, 0.25) is 6.10 Å². The second kappa shape index (κ2) is 7.43. The molecule has 1 saturated heterocycles. The molecule has 0 aliphatic carbocycles. The number of ether oxygens (including phenoxy) is 1. The fourth-order valence-corrected chi connectivity index (χ4v) is 3.40. The van der Waals surface area contributed by atoms with E-state index in [4.69, 9.17) is 4.74 Å². The minimum Gasteiger partial charge on any atom is -0.443 e. The molecule has 1 aromatic carbocycles. The molecule has 1 aliphatic rings. The Hall–Kier alpha value is -2.74. The van der Waals surface area contributed by atoms with Crippen LogP contribution in [0, 0.1) is 10.1 Å². The van der Waals surface area contributed by atoms with Crippen molar-refractivity contribution in [3.8, 4) is 0 Å². The van der Waals surface area contributed by atoms with E-state index in [2.05, 4.69) is 0 Å². The predicted molar refractivity (Wildman–Crippen MR) is 91.4 cm³/mol. The number of carbonyl (C=O) groups is 2. The second-order valence-electron chi connectivity index (χ2n) is 5.62. The Morgan fingerprint density at radius 3 is 2.40 bits per heavy atom. The van der Waals surface area contributed by atoms with E-state index >= 15 is 0 Å². The van der Waals surface area contributed by atoms with Crippen molar-refractivity contribution in [2.45, 2.75) is 18.9 Å². The number of nitrogens with zero attached hydrogens (tertiary/aromatic N) is 2. The summed E-state index contributed by atoms with van der Waals surface area (Å²) in [5.74, 6) is -0.998. The van der Waals surface area contributed by atoms with E-state index in [-0.39, 0.29) is 15.8 Å². The smallest absolute Gasteiger partial charge is 0.349 e. The van der Waals surface area contributed by atoms with Gasteiger partial charge in [-0.25, -0.2) is 4.79 Å². The van der Waals surface area contributed by atoms with Crippen molar-refractivity contribution < 1.29 is 19.2 Å². The summed E-state index contributed by atoms with van der Waals surface area (Å²) in [5.41, 5.74) is 0.582. The Morgan fingerprint density at radius 1 is 1.12 bits per heavy atom. The molecule has 130 valence electrons. The van der Waals surface area contributed by atoms with Gasteiger partial charge in [-0.2, -0.15) is 0 Å². The molecule has 0 spiro atoms. The van der Waals surface area contributed by atoms with Crippen LogP contribution in [-0.2, 0) is 9.53 Å². The quantitative estimate of drug-likeness (QED) is 0.464. The molecular formula is C17H16N2O5S. The second-order valence-corrected chi connectivity index (χ2v) is 6.69. The van der Waals surface area contributed by atoms with Gasteiger partial charge in [0.15, 0.2) is 0 Å². The Bertz CT molecular complexity index is 783. The molecular weight excluding hydrogens is 344 g/mol. The van der Waals surface area contributed by atoms with Crippen LogP contribution in [0.15, 0.2) is 42.5 Å². The highest BCUT2D eigenvalue weighted by Gasteiger charge is 2.31. The normalized spacial score (nSPS) is 15.0. The number of carbonyl (C=O) groups excluding carboxylic acids is 2. The highest BCUT2D eigenvalue weighted by atomic mass is 32.1. The third-order valence-electron chi connectivity index (χ3n) is 3.94. The van der Waals surface area contributed by atoms with Gasteiger partial charge in [-0.05, 0) is 18.9 Å². The van der Waals surface area contributed by atoms with E-state index < -0.39 is 17.0 Å². The van der Waals surface area contributed by atoms with E-state index in [1.54, 1.807) is 29.2 Å². The van der Waals surface area contributed by atoms with Crippen LogP contribution in [0.4, 0.5) is 5.00 Å². The first-order valence-electron chi connectivity index (χ1n) is 7.85. The summed E-state index contributed by atoms with van der Waals surface area (Å²) in [6, 6.07) is 11.4. The molecule has 1 aromatic heterocycles. The van der Waals surface area contributed by atoms with E-state index in [0.717, 1.165) is 24.2 Å². The Morgan fingerprint density at radius 2 is 1.80 bits per heavy atom. The lowest BCUT2D eigenvalue weighted by Crippen LogP contribution is -2.34. The predicted octanol–water partition coefficient (Wildman–Crippen LogP) is 3.18. The van der Waals surface area contributed by atoms with Crippen LogP contribution in [0.1, 0.15) is 34.2 Å². The Balaban J connectivity index is 1.82. The first kappa shape index (κ1) is 17.1. The number of esters is 1. The van der Waals surface area contributed by atoms with Gasteiger partial charge in [-0.1, -0.05) is 41.7 Å². The van der Waals surface area contributed by atoms with E-state index in [1.165, 1.54) is 12.1 Å². The van der Waals surface area contributed by atoms with Crippen molar-refractivity contribution >= 4 is 28.2 Å². The number of thiophene rings is 1. The van der Waals surface area contributed by atoms with Gasteiger partial charge in [0.05, 0.1) is 4.92 Å². The minimum atomic E-state index is -1.05. The SMILES string of the molecule is O=C(OC(C(=O)N1CCCC1)c1ccccc1)c1ccc([N+](=O)[O-])s1. The summed E-state index contributed by atoms with van der Waals surface area (Å²) in [5, 5.41) is 10.6. The van der Waals surface area contributed by atoms with E-state index in [1.807, 2.05) is 6.07 Å². The maximum atomic E-state index is 12.8. The van der Waals surface area contributed by atoms with Gasteiger partial charge >= 0.3 is 11.0 Å². The summed E-state index contributed by atoms with van der Waals surface area (Å²) in [6.45, 7) is 1.29. The molecule has 1 amide bonds. The fraction of sp³-hybridized carbons (Fsp3) is 0.294. The fourth-order valence-electron chi connectivity index (χ4n) is 2.69. The molecule has 1 aliphatic heterocycles. The average molecular weight is 360 g/mol. The zero-order chi connectivity index (χ0) is 17.8. The molecule has 2 heterocycles. The van der Waals surface area contributed by atoms with E-state index in [9.17, 15) is 19.7 Å². The zero-order valence-electron chi connectivity index (χ0n) is 13.3. The summed E-state index contributed by atoms with van der Waals surface area (Å²) < 4.78 is 5.45. The van der Waals surface area contributed by atoms with Gasteiger partial charge in [0.1, 0.15) is 4.88 Å². The summed E-state index contributed by atoms with van der Waals surface area (Å²) in [4.78, 5) is 37.1. The Labute approximate surface area is 148 Å². The third kappa shape index (κ3) is 3.85. The number of amides is 1. The summed E-state index contributed by atoms with van der Waals surface area (Å²) in [6.07, 6.45) is 0.810. The third-order valence-corrected chi connectivity index (χ3v) is 4.96. The zero-order valence-corrected chi connectivity index (χ0v) is 14.1. The molecule has 0 radical (unpaired) electrons. The molecule has 0 bridgehead atoms. The highest BCUT2D eigenvalue weighted by Crippen LogP contribution is 2.28. The van der Waals surface area contributed by atoms with E-state index in [0.29, 0.717) is 18.7 Å². The van der Waals surface area contributed by atoms with Crippen LogP contribution in [-0.4, -0.2) is 34.8 Å². The molecule has 1 unspecified atom stereocenters. The Kier molecular flexibility index (Phi) is 5.08. The van der Waals surface area contributed by atoms with Crippen LogP contribution in [0.25, 0.3) is 0 Å². The molecule has 25 heavy (non-hydrogen) atoms. The van der Waals surface area contributed by atoms with Crippen molar-refractivity contribution in [1.29, 1.82) is 0 Å². The van der Waals surface area contributed by atoms with Crippen LogP contribution in [0.3, 0.4) is 0 Å². The van der Waals surface area contributed by atoms with Gasteiger partial charge < -0.3 is 9.64 Å². The van der Waals surface area contributed by atoms with Gasteiger partial charge in [0, 0.05) is 24.7 Å². The largest absolute Gasteiger partial charge is 0.443 e. The van der Waals surface area contributed by atoms with Crippen molar-refractivity contribution in [3.63, 3.8) is 0 Å². The molecule has 2 aromatic rings. The van der Waals surface area contributed by atoms with Gasteiger partial charge in [-0.15, -0.1) is 0 Å². The maximum Gasteiger partial charge on any atom is 0.349 e. The van der Waals surface area contributed by atoms with Crippen LogP contribution < -0.4 is 0 Å². The average Bonchev–Trinajstić information content (AvgIpc) is 3.31. The molecule has 1 fully saturated rings. The summed E-state index contributed by atoms with van der Waals surface area (Å²) >= 11 is 0.732. The highest BCUT2D eigenvalue weighted by molar-refractivity contribution is 7.17. The minimum absolute atomic E-state index is 0.0989. The lowest BCUT2D eigenvalue weighted by molar-refractivity contribution is -0.380. The molecule has 1 atom stereocenters. The number of likely N-dealkylation sites (tertiary alicyclic amines) is 1. The molecule has 8 heteroatoms. The number of benzene rings is 1.